The number of aromatic amines is 2. The molecular formula is C17H12N8. The topological polar surface area (TPSA) is 100 Å². The van der Waals surface area contributed by atoms with Crippen LogP contribution in [0.5, 0.6) is 0 Å². The Hall–Kier alpha value is -3.81. The molecule has 0 spiro atoms. The van der Waals surface area contributed by atoms with Gasteiger partial charge in [-0.3, -0.25) is 0 Å². The number of aromatic nitrogens is 8. The maximum Gasteiger partial charge on any atom is 0.209 e. The van der Waals surface area contributed by atoms with Crippen molar-refractivity contribution in [3.63, 3.8) is 0 Å². The molecule has 0 aliphatic rings. The van der Waals surface area contributed by atoms with E-state index < -0.39 is 0 Å². The second kappa shape index (κ2) is 5.38. The molecule has 0 aliphatic heterocycles. The molecule has 0 amide bonds. The van der Waals surface area contributed by atoms with E-state index in [9.17, 15) is 0 Å². The van der Waals surface area contributed by atoms with Crippen molar-refractivity contribution in [2.24, 2.45) is 0 Å². The lowest BCUT2D eigenvalue weighted by molar-refractivity contribution is 0.826. The van der Waals surface area contributed by atoms with Crippen LogP contribution in [0.4, 0.5) is 0 Å². The van der Waals surface area contributed by atoms with Gasteiger partial charge in [0.15, 0.2) is 5.65 Å². The van der Waals surface area contributed by atoms with Crippen LogP contribution in [0.25, 0.3) is 39.3 Å². The highest BCUT2D eigenvalue weighted by atomic mass is 15.5. The van der Waals surface area contributed by atoms with Gasteiger partial charge >= 0.3 is 0 Å². The molecule has 0 unspecified atom stereocenters. The molecule has 0 fully saturated rings. The third kappa shape index (κ3) is 2.19. The highest BCUT2D eigenvalue weighted by Crippen LogP contribution is 2.34. The summed E-state index contributed by atoms with van der Waals surface area (Å²) < 4.78 is 1.74. The van der Waals surface area contributed by atoms with Crippen LogP contribution in [-0.2, 0) is 0 Å². The Morgan fingerprint density at radius 3 is 2.28 bits per heavy atom. The SMILES string of the molecule is c1ccc(-c2ccc(-c3cn4[nH]nnc4c3-c3nn[nH]n3)cc2)cc1. The summed E-state index contributed by atoms with van der Waals surface area (Å²) in [6.07, 6.45) is 1.93. The lowest BCUT2D eigenvalue weighted by atomic mass is 9.99. The van der Waals surface area contributed by atoms with Crippen LogP contribution >= 0.6 is 0 Å². The van der Waals surface area contributed by atoms with E-state index in [4.69, 9.17) is 0 Å². The smallest absolute Gasteiger partial charge is 0.209 e. The summed E-state index contributed by atoms with van der Waals surface area (Å²) in [5, 5.41) is 25.1. The summed E-state index contributed by atoms with van der Waals surface area (Å²) in [5.41, 5.74) is 5.79. The Labute approximate surface area is 141 Å². The van der Waals surface area contributed by atoms with E-state index in [0.717, 1.165) is 22.3 Å². The summed E-state index contributed by atoms with van der Waals surface area (Å²) in [4.78, 5) is 0. The van der Waals surface area contributed by atoms with E-state index in [1.54, 1.807) is 4.52 Å². The normalized spacial score (nSPS) is 11.2. The Morgan fingerprint density at radius 1 is 0.760 bits per heavy atom. The monoisotopic (exact) mass is 328 g/mol. The van der Waals surface area contributed by atoms with Crippen molar-refractivity contribution >= 4 is 5.65 Å². The number of H-pyrrole nitrogens is 2. The molecule has 0 aliphatic carbocycles. The molecule has 3 heterocycles. The fraction of sp³-hybridized carbons (Fsp3) is 0. The van der Waals surface area contributed by atoms with Crippen LogP contribution in [0.15, 0.2) is 60.8 Å². The largest absolute Gasteiger partial charge is 0.225 e. The summed E-state index contributed by atoms with van der Waals surface area (Å²) in [7, 11) is 0. The lowest BCUT2D eigenvalue weighted by Crippen LogP contribution is -1.86. The summed E-state index contributed by atoms with van der Waals surface area (Å²) in [5.74, 6) is 0.485. The van der Waals surface area contributed by atoms with E-state index in [2.05, 4.69) is 72.5 Å². The number of benzene rings is 2. The van der Waals surface area contributed by atoms with Crippen LogP contribution in [-0.4, -0.2) is 40.7 Å². The van der Waals surface area contributed by atoms with Gasteiger partial charge in [0.1, 0.15) is 0 Å². The first-order valence-electron chi connectivity index (χ1n) is 7.72. The minimum Gasteiger partial charge on any atom is -0.225 e. The number of fused-ring (bicyclic) bond motifs is 1. The Kier molecular flexibility index (Phi) is 2.93. The second-order valence-corrected chi connectivity index (χ2v) is 5.59. The van der Waals surface area contributed by atoms with Gasteiger partial charge in [-0.05, 0) is 21.9 Å². The van der Waals surface area contributed by atoms with Crippen molar-refractivity contribution in [3.05, 3.63) is 60.8 Å². The Bertz CT molecular complexity index is 1120. The van der Waals surface area contributed by atoms with Crippen molar-refractivity contribution in [3.8, 4) is 33.6 Å². The van der Waals surface area contributed by atoms with Gasteiger partial charge in [-0.15, -0.1) is 15.3 Å². The summed E-state index contributed by atoms with van der Waals surface area (Å²) in [6, 6.07) is 18.6. The van der Waals surface area contributed by atoms with E-state index in [-0.39, 0.29) is 0 Å². The number of nitrogens with zero attached hydrogens (tertiary/aromatic N) is 6. The first kappa shape index (κ1) is 13.6. The average Bonchev–Trinajstić information content (AvgIpc) is 3.39. The van der Waals surface area contributed by atoms with Crippen LogP contribution < -0.4 is 0 Å². The van der Waals surface area contributed by atoms with E-state index in [1.807, 2.05) is 24.4 Å². The molecule has 5 aromatic rings. The van der Waals surface area contributed by atoms with E-state index >= 15 is 0 Å². The van der Waals surface area contributed by atoms with Crippen molar-refractivity contribution < 1.29 is 0 Å². The minimum absolute atomic E-state index is 0.485. The Balaban J connectivity index is 1.64. The molecule has 2 aromatic carbocycles. The predicted molar refractivity (Wildman–Crippen MR) is 91.4 cm³/mol. The summed E-state index contributed by atoms with van der Waals surface area (Å²) >= 11 is 0. The number of hydrogen-bond donors (Lipinski definition) is 2. The van der Waals surface area contributed by atoms with Gasteiger partial charge < -0.3 is 0 Å². The van der Waals surface area contributed by atoms with Crippen molar-refractivity contribution in [2.45, 2.75) is 0 Å². The zero-order valence-corrected chi connectivity index (χ0v) is 13.0. The molecule has 25 heavy (non-hydrogen) atoms. The number of hydrogen-bond acceptors (Lipinski definition) is 5. The van der Waals surface area contributed by atoms with Crippen molar-refractivity contribution in [2.75, 3.05) is 0 Å². The maximum absolute atomic E-state index is 4.12. The van der Waals surface area contributed by atoms with Gasteiger partial charge in [0.05, 0.1) is 5.56 Å². The molecule has 3 aromatic heterocycles. The molecule has 0 radical (unpaired) electrons. The molecular weight excluding hydrogens is 316 g/mol. The standard InChI is InChI=1S/C17H12N8/c1-2-4-11(5-3-1)12-6-8-13(9-7-12)14-10-25-17(20-23-24-25)15(14)16-18-21-22-19-16/h1-10H,(H,20,24)(H,18,19,21,22). The van der Waals surface area contributed by atoms with Gasteiger partial charge in [0.25, 0.3) is 0 Å². The van der Waals surface area contributed by atoms with Gasteiger partial charge in [0.2, 0.25) is 5.82 Å². The van der Waals surface area contributed by atoms with E-state index in [0.29, 0.717) is 11.5 Å². The molecule has 0 bridgehead atoms. The summed E-state index contributed by atoms with van der Waals surface area (Å²) in [6.45, 7) is 0. The molecule has 120 valence electrons. The number of nitrogens with one attached hydrogen (secondary N) is 2. The van der Waals surface area contributed by atoms with Gasteiger partial charge in [-0.25, -0.2) is 4.52 Å². The maximum atomic E-state index is 4.12. The molecule has 8 heteroatoms. The number of tetrazole rings is 2. The first-order valence-corrected chi connectivity index (χ1v) is 7.72. The van der Waals surface area contributed by atoms with E-state index in [1.165, 1.54) is 5.56 Å². The molecule has 0 saturated heterocycles. The van der Waals surface area contributed by atoms with Gasteiger partial charge in [-0.2, -0.15) is 10.4 Å². The first-order chi connectivity index (χ1) is 12.4. The zero-order chi connectivity index (χ0) is 16.6. The highest BCUT2D eigenvalue weighted by Gasteiger charge is 2.20. The minimum atomic E-state index is 0.485. The third-order valence-electron chi connectivity index (χ3n) is 4.15. The molecule has 0 saturated carbocycles. The molecule has 2 N–H and O–H groups in total. The van der Waals surface area contributed by atoms with Gasteiger partial charge in [-0.1, -0.05) is 59.8 Å². The van der Waals surface area contributed by atoms with Crippen molar-refractivity contribution in [1.29, 1.82) is 0 Å². The fourth-order valence-electron chi connectivity index (χ4n) is 2.97. The number of rotatable bonds is 3. The highest BCUT2D eigenvalue weighted by molar-refractivity contribution is 5.90. The Morgan fingerprint density at radius 2 is 1.52 bits per heavy atom. The zero-order valence-electron chi connectivity index (χ0n) is 13.0. The molecule has 0 atom stereocenters. The molecule has 5 rings (SSSR count). The van der Waals surface area contributed by atoms with Crippen LogP contribution in [0.1, 0.15) is 0 Å². The third-order valence-corrected chi connectivity index (χ3v) is 4.15. The van der Waals surface area contributed by atoms with Crippen LogP contribution in [0.3, 0.4) is 0 Å². The van der Waals surface area contributed by atoms with Gasteiger partial charge in [0, 0.05) is 11.8 Å². The predicted octanol–water partition coefficient (Wildman–Crippen LogP) is 2.57. The van der Waals surface area contributed by atoms with Crippen molar-refractivity contribution in [1.82, 2.24) is 40.7 Å². The lowest BCUT2D eigenvalue weighted by Gasteiger charge is -2.04. The van der Waals surface area contributed by atoms with Crippen LogP contribution in [0, 0.1) is 0 Å². The molecule has 8 nitrogen and oxygen atoms in total. The second-order valence-electron chi connectivity index (χ2n) is 5.59. The van der Waals surface area contributed by atoms with Crippen LogP contribution in [0.2, 0.25) is 0 Å². The average molecular weight is 328 g/mol. The fourth-order valence-corrected chi connectivity index (χ4v) is 2.97. The quantitative estimate of drug-likeness (QED) is 0.530.